The van der Waals surface area contributed by atoms with Crippen LogP contribution in [0.5, 0.6) is 0 Å². The number of ketones is 1. The monoisotopic (exact) mass is 270 g/mol. The lowest BCUT2D eigenvalue weighted by molar-refractivity contribution is -0.141. The van der Waals surface area contributed by atoms with Crippen LogP contribution in [0.1, 0.15) is 84.5 Å². The zero-order valence-electron chi connectivity index (χ0n) is 12.7. The zero-order chi connectivity index (χ0) is 14.3. The third-order valence-electron chi connectivity index (χ3n) is 3.25. The van der Waals surface area contributed by atoms with Gasteiger partial charge in [0, 0.05) is 19.8 Å². The SMILES string of the molecule is CCCCCCCCCCCC(=O)CCOC(C)=O. The highest BCUT2D eigenvalue weighted by Gasteiger charge is 2.03. The molecule has 0 aromatic carbocycles. The number of carbonyl (C=O) groups is 2. The van der Waals surface area contributed by atoms with Gasteiger partial charge in [-0.3, -0.25) is 9.59 Å². The van der Waals surface area contributed by atoms with Crippen molar-refractivity contribution in [1.82, 2.24) is 0 Å². The van der Waals surface area contributed by atoms with E-state index in [-0.39, 0.29) is 18.4 Å². The summed E-state index contributed by atoms with van der Waals surface area (Å²) in [5.41, 5.74) is 0. The fourth-order valence-corrected chi connectivity index (χ4v) is 2.07. The van der Waals surface area contributed by atoms with E-state index in [1.165, 1.54) is 51.9 Å². The molecule has 3 nitrogen and oxygen atoms in total. The fraction of sp³-hybridized carbons (Fsp3) is 0.875. The number of ether oxygens (including phenoxy) is 1. The number of esters is 1. The van der Waals surface area contributed by atoms with Crippen LogP contribution in [0.25, 0.3) is 0 Å². The number of hydrogen-bond acceptors (Lipinski definition) is 3. The molecule has 0 unspecified atom stereocenters. The molecule has 0 rings (SSSR count). The molecule has 0 saturated heterocycles. The number of carbonyl (C=O) groups excluding carboxylic acids is 2. The molecule has 0 saturated carbocycles. The number of rotatable bonds is 13. The largest absolute Gasteiger partial charge is 0.465 e. The van der Waals surface area contributed by atoms with Crippen molar-refractivity contribution in [3.63, 3.8) is 0 Å². The van der Waals surface area contributed by atoms with E-state index in [0.717, 1.165) is 12.8 Å². The molecule has 0 aliphatic rings. The molecule has 3 heteroatoms. The summed E-state index contributed by atoms with van der Waals surface area (Å²) in [5.74, 6) is -0.0972. The number of hydrogen-bond donors (Lipinski definition) is 0. The van der Waals surface area contributed by atoms with Crippen molar-refractivity contribution in [2.75, 3.05) is 6.61 Å². The third-order valence-corrected chi connectivity index (χ3v) is 3.25. The standard InChI is InChI=1S/C16H30O3/c1-3-4-5-6-7-8-9-10-11-12-16(18)13-14-19-15(2)17/h3-14H2,1-2H3. The summed E-state index contributed by atoms with van der Waals surface area (Å²) in [7, 11) is 0. The summed E-state index contributed by atoms with van der Waals surface area (Å²) < 4.78 is 4.74. The maximum Gasteiger partial charge on any atom is 0.302 e. The highest BCUT2D eigenvalue weighted by atomic mass is 16.5. The second kappa shape index (κ2) is 13.6. The minimum atomic E-state index is -0.309. The van der Waals surface area contributed by atoms with Crippen LogP contribution in [-0.4, -0.2) is 18.4 Å². The molecule has 0 aliphatic heterocycles. The van der Waals surface area contributed by atoms with E-state index in [2.05, 4.69) is 6.92 Å². The molecule has 0 amide bonds. The van der Waals surface area contributed by atoms with Crippen molar-refractivity contribution in [3.05, 3.63) is 0 Å². The smallest absolute Gasteiger partial charge is 0.302 e. The predicted octanol–water partition coefficient (Wildman–Crippen LogP) is 4.43. The van der Waals surface area contributed by atoms with E-state index in [1.54, 1.807) is 0 Å². The lowest BCUT2D eigenvalue weighted by Crippen LogP contribution is -2.06. The molecule has 0 aromatic rings. The molecule has 112 valence electrons. The molecule has 0 fully saturated rings. The van der Waals surface area contributed by atoms with Crippen LogP contribution >= 0.6 is 0 Å². The van der Waals surface area contributed by atoms with E-state index >= 15 is 0 Å². The Hall–Kier alpha value is -0.860. The fourth-order valence-electron chi connectivity index (χ4n) is 2.07. The Morgan fingerprint density at radius 1 is 0.789 bits per heavy atom. The van der Waals surface area contributed by atoms with Crippen molar-refractivity contribution in [2.24, 2.45) is 0 Å². The van der Waals surface area contributed by atoms with Gasteiger partial charge in [-0.2, -0.15) is 0 Å². The van der Waals surface area contributed by atoms with Gasteiger partial charge in [0.05, 0.1) is 6.61 Å². The quantitative estimate of drug-likeness (QED) is 0.367. The van der Waals surface area contributed by atoms with Crippen molar-refractivity contribution < 1.29 is 14.3 Å². The Balaban J connectivity index is 3.16. The Kier molecular flexibility index (Phi) is 13.0. The van der Waals surface area contributed by atoms with Crippen LogP contribution in [0.3, 0.4) is 0 Å². The van der Waals surface area contributed by atoms with Crippen molar-refractivity contribution in [2.45, 2.75) is 84.5 Å². The Morgan fingerprint density at radius 2 is 1.32 bits per heavy atom. The van der Waals surface area contributed by atoms with E-state index in [9.17, 15) is 9.59 Å². The summed E-state index contributed by atoms with van der Waals surface area (Å²) in [6, 6.07) is 0. The van der Waals surface area contributed by atoms with Crippen LogP contribution in [0, 0.1) is 0 Å². The van der Waals surface area contributed by atoms with Gasteiger partial charge in [0.15, 0.2) is 0 Å². The van der Waals surface area contributed by atoms with Crippen LogP contribution in [0.4, 0.5) is 0 Å². The van der Waals surface area contributed by atoms with Gasteiger partial charge >= 0.3 is 5.97 Å². The maximum absolute atomic E-state index is 11.4. The molecule has 0 aromatic heterocycles. The summed E-state index contributed by atoms with van der Waals surface area (Å²) in [5, 5.41) is 0. The first kappa shape index (κ1) is 18.1. The Morgan fingerprint density at radius 3 is 1.84 bits per heavy atom. The first-order valence-electron chi connectivity index (χ1n) is 7.82. The van der Waals surface area contributed by atoms with Crippen LogP contribution < -0.4 is 0 Å². The van der Waals surface area contributed by atoms with Gasteiger partial charge in [0.1, 0.15) is 5.78 Å². The van der Waals surface area contributed by atoms with Crippen LogP contribution in [-0.2, 0) is 14.3 Å². The number of Topliss-reactive ketones (excluding diaryl/α,β-unsaturated/α-hetero) is 1. The van der Waals surface area contributed by atoms with Crippen molar-refractivity contribution in [3.8, 4) is 0 Å². The molecule has 0 bridgehead atoms. The Labute approximate surface area is 118 Å². The van der Waals surface area contributed by atoms with Gasteiger partial charge in [-0.25, -0.2) is 0 Å². The molecule has 0 heterocycles. The third kappa shape index (κ3) is 15.1. The zero-order valence-corrected chi connectivity index (χ0v) is 12.7. The second-order valence-corrected chi connectivity index (χ2v) is 5.21. The highest BCUT2D eigenvalue weighted by Crippen LogP contribution is 2.10. The highest BCUT2D eigenvalue weighted by molar-refractivity contribution is 5.78. The molecule has 0 aliphatic carbocycles. The number of unbranched alkanes of at least 4 members (excludes halogenated alkanes) is 8. The lowest BCUT2D eigenvalue weighted by Gasteiger charge is -2.03. The maximum atomic E-state index is 11.4. The van der Waals surface area contributed by atoms with E-state index in [4.69, 9.17) is 4.74 Å². The summed E-state index contributed by atoms with van der Waals surface area (Å²) in [4.78, 5) is 22.0. The average molecular weight is 270 g/mol. The first-order chi connectivity index (χ1) is 9.16. The van der Waals surface area contributed by atoms with Gasteiger partial charge in [-0.15, -0.1) is 0 Å². The summed E-state index contributed by atoms with van der Waals surface area (Å²) in [6.45, 7) is 3.84. The molecule has 19 heavy (non-hydrogen) atoms. The molecular weight excluding hydrogens is 240 g/mol. The first-order valence-corrected chi connectivity index (χ1v) is 7.82. The predicted molar refractivity (Wildman–Crippen MR) is 78.1 cm³/mol. The minimum Gasteiger partial charge on any atom is -0.465 e. The van der Waals surface area contributed by atoms with Crippen molar-refractivity contribution in [1.29, 1.82) is 0 Å². The molecule has 0 spiro atoms. The van der Waals surface area contributed by atoms with E-state index in [1.807, 2.05) is 0 Å². The second-order valence-electron chi connectivity index (χ2n) is 5.21. The summed E-state index contributed by atoms with van der Waals surface area (Å²) in [6.07, 6.45) is 12.4. The van der Waals surface area contributed by atoms with Crippen molar-refractivity contribution >= 4 is 11.8 Å². The van der Waals surface area contributed by atoms with Crippen LogP contribution in [0.2, 0.25) is 0 Å². The topological polar surface area (TPSA) is 43.4 Å². The van der Waals surface area contributed by atoms with Gasteiger partial charge in [0.2, 0.25) is 0 Å². The van der Waals surface area contributed by atoms with Crippen LogP contribution in [0.15, 0.2) is 0 Å². The summed E-state index contributed by atoms with van der Waals surface area (Å²) >= 11 is 0. The van der Waals surface area contributed by atoms with E-state index < -0.39 is 0 Å². The Bertz CT molecular complexity index is 236. The van der Waals surface area contributed by atoms with Gasteiger partial charge in [0.25, 0.3) is 0 Å². The van der Waals surface area contributed by atoms with Gasteiger partial charge in [-0.1, -0.05) is 58.3 Å². The normalized spacial score (nSPS) is 10.4. The molecule has 0 atom stereocenters. The lowest BCUT2D eigenvalue weighted by atomic mass is 10.0. The molecule has 0 radical (unpaired) electrons. The van der Waals surface area contributed by atoms with E-state index in [0.29, 0.717) is 12.8 Å². The van der Waals surface area contributed by atoms with Gasteiger partial charge < -0.3 is 4.74 Å². The van der Waals surface area contributed by atoms with Gasteiger partial charge in [-0.05, 0) is 6.42 Å². The average Bonchev–Trinajstić information content (AvgIpc) is 2.36. The molecular formula is C16H30O3. The molecule has 0 N–H and O–H groups in total. The minimum absolute atomic E-state index is 0.212.